The number of hydrogen-bond acceptors (Lipinski definition) is 6. The summed E-state index contributed by atoms with van der Waals surface area (Å²) in [6.07, 6.45) is 6.77. The molecule has 8 heteroatoms. The molecule has 4 rings (SSSR count). The van der Waals surface area contributed by atoms with Gasteiger partial charge in [-0.2, -0.15) is 0 Å². The van der Waals surface area contributed by atoms with E-state index in [1.54, 1.807) is 16.6 Å². The topological polar surface area (TPSA) is 72.0 Å². The van der Waals surface area contributed by atoms with E-state index >= 15 is 0 Å². The molecule has 2 aliphatic heterocycles. The Hall–Kier alpha value is -2.45. The van der Waals surface area contributed by atoms with Crippen molar-refractivity contribution in [3.05, 3.63) is 46.4 Å². The van der Waals surface area contributed by atoms with Gasteiger partial charge in [0.25, 0.3) is 11.8 Å². The van der Waals surface area contributed by atoms with Crippen LogP contribution >= 0.6 is 11.3 Å². The fourth-order valence-corrected chi connectivity index (χ4v) is 5.20. The van der Waals surface area contributed by atoms with E-state index in [2.05, 4.69) is 18.0 Å². The fourth-order valence-electron chi connectivity index (χ4n) is 4.62. The van der Waals surface area contributed by atoms with Gasteiger partial charge in [-0.05, 0) is 43.7 Å². The molecule has 1 aromatic carbocycles. The lowest BCUT2D eigenvalue weighted by Gasteiger charge is -2.44. The van der Waals surface area contributed by atoms with E-state index in [4.69, 9.17) is 9.47 Å². The van der Waals surface area contributed by atoms with Crippen LogP contribution in [0.3, 0.4) is 0 Å². The van der Waals surface area contributed by atoms with Crippen LogP contribution in [0.1, 0.15) is 54.3 Å². The smallest absolute Gasteiger partial charge is 0.265 e. The number of thiazole rings is 1. The van der Waals surface area contributed by atoms with Crippen LogP contribution in [0.4, 0.5) is 0 Å². The van der Waals surface area contributed by atoms with Crippen molar-refractivity contribution in [2.24, 2.45) is 0 Å². The second-order valence-corrected chi connectivity index (χ2v) is 9.63. The molecule has 2 amide bonds. The van der Waals surface area contributed by atoms with Gasteiger partial charge in [0.2, 0.25) is 0 Å². The maximum absolute atomic E-state index is 13.9. The van der Waals surface area contributed by atoms with Crippen LogP contribution in [0.2, 0.25) is 0 Å². The van der Waals surface area contributed by atoms with Crippen LogP contribution in [-0.4, -0.2) is 71.6 Å². The van der Waals surface area contributed by atoms with Gasteiger partial charge >= 0.3 is 0 Å². The Labute approximate surface area is 199 Å². The summed E-state index contributed by atoms with van der Waals surface area (Å²) in [7, 11) is 0. The average Bonchev–Trinajstić information content (AvgIpc) is 3.38. The van der Waals surface area contributed by atoms with Gasteiger partial charge in [0.05, 0.1) is 31.4 Å². The number of nitrogens with zero attached hydrogens (tertiary/aromatic N) is 3. The van der Waals surface area contributed by atoms with Crippen molar-refractivity contribution in [1.29, 1.82) is 0 Å². The third-order valence-corrected chi connectivity index (χ3v) is 7.20. The first-order valence-corrected chi connectivity index (χ1v) is 12.8. The van der Waals surface area contributed by atoms with E-state index in [1.807, 2.05) is 23.1 Å². The van der Waals surface area contributed by atoms with Gasteiger partial charge in [-0.25, -0.2) is 0 Å². The largest absolute Gasteiger partial charge is 0.491 e. The minimum absolute atomic E-state index is 0.0183. The molecule has 2 aliphatic rings. The monoisotopic (exact) mass is 471 g/mol. The van der Waals surface area contributed by atoms with Crippen LogP contribution in [0.25, 0.3) is 0 Å². The van der Waals surface area contributed by atoms with Crippen LogP contribution in [0.15, 0.2) is 36.0 Å². The summed E-state index contributed by atoms with van der Waals surface area (Å²) in [6, 6.07) is 8.15. The number of benzene rings is 1. The molecule has 1 atom stereocenters. The number of hydrogen-bond donors (Lipinski definition) is 0. The predicted molar refractivity (Wildman–Crippen MR) is 128 cm³/mol. The van der Waals surface area contributed by atoms with Crippen molar-refractivity contribution in [2.75, 3.05) is 39.4 Å². The number of carbonyl (C=O) groups excluding carboxylic acids is 2. The SMILES string of the molecule is CCCCN1CCOc2ccccc2CCCCC2(CN(C(=O)c3cncs3)CCO2)C1=O. The first kappa shape index (κ1) is 23.7. The molecule has 0 radical (unpaired) electrons. The van der Waals surface area contributed by atoms with Gasteiger partial charge < -0.3 is 19.3 Å². The molecule has 7 nitrogen and oxygen atoms in total. The molecule has 1 spiro atoms. The molecule has 3 heterocycles. The number of amides is 2. The van der Waals surface area contributed by atoms with Gasteiger partial charge in [0.1, 0.15) is 17.2 Å². The van der Waals surface area contributed by atoms with Crippen molar-refractivity contribution in [3.63, 3.8) is 0 Å². The first-order valence-electron chi connectivity index (χ1n) is 11.9. The van der Waals surface area contributed by atoms with Crippen LogP contribution in [-0.2, 0) is 16.0 Å². The molecule has 1 aromatic heterocycles. The minimum Gasteiger partial charge on any atom is -0.491 e. The second kappa shape index (κ2) is 11.1. The van der Waals surface area contributed by atoms with Gasteiger partial charge in [0, 0.05) is 13.1 Å². The molecule has 1 unspecified atom stereocenters. The lowest BCUT2D eigenvalue weighted by molar-refractivity contribution is -0.170. The number of fused-ring (bicyclic) bond motifs is 1. The molecule has 2 aromatic rings. The van der Waals surface area contributed by atoms with Gasteiger partial charge in [-0.3, -0.25) is 14.6 Å². The summed E-state index contributed by atoms with van der Waals surface area (Å²) in [5.74, 6) is 0.817. The van der Waals surface area contributed by atoms with E-state index in [-0.39, 0.29) is 18.4 Å². The molecule has 0 aliphatic carbocycles. The predicted octanol–water partition coefficient (Wildman–Crippen LogP) is 3.79. The summed E-state index contributed by atoms with van der Waals surface area (Å²) in [6.45, 7) is 4.84. The number of rotatable bonds is 4. The lowest BCUT2D eigenvalue weighted by atomic mass is 9.90. The Morgan fingerprint density at radius 1 is 1.21 bits per heavy atom. The fraction of sp³-hybridized carbons (Fsp3) is 0.560. The number of carbonyl (C=O) groups is 2. The summed E-state index contributed by atoms with van der Waals surface area (Å²) in [4.78, 5) is 35.3. The molecule has 0 bridgehead atoms. The van der Waals surface area contributed by atoms with Crippen LogP contribution in [0, 0.1) is 0 Å². The van der Waals surface area contributed by atoms with Crippen molar-refractivity contribution in [2.45, 2.75) is 51.0 Å². The van der Waals surface area contributed by atoms with Crippen LogP contribution < -0.4 is 4.74 Å². The number of ether oxygens (including phenoxy) is 2. The van der Waals surface area contributed by atoms with Crippen molar-refractivity contribution >= 4 is 23.2 Å². The van der Waals surface area contributed by atoms with Gasteiger partial charge in [-0.15, -0.1) is 11.3 Å². The Morgan fingerprint density at radius 2 is 2.09 bits per heavy atom. The highest BCUT2D eigenvalue weighted by atomic mass is 32.1. The maximum atomic E-state index is 13.9. The molecule has 1 fully saturated rings. The highest BCUT2D eigenvalue weighted by Crippen LogP contribution is 2.30. The quantitative estimate of drug-likeness (QED) is 0.679. The Balaban J connectivity index is 1.58. The summed E-state index contributed by atoms with van der Waals surface area (Å²) in [5.41, 5.74) is 1.85. The Bertz CT molecular complexity index is 935. The van der Waals surface area contributed by atoms with E-state index < -0.39 is 5.60 Å². The highest BCUT2D eigenvalue weighted by molar-refractivity contribution is 7.11. The van der Waals surface area contributed by atoms with Crippen molar-refractivity contribution in [3.8, 4) is 5.75 Å². The zero-order valence-corrected chi connectivity index (χ0v) is 20.1. The molecule has 0 N–H and O–H groups in total. The van der Waals surface area contributed by atoms with E-state index in [0.29, 0.717) is 44.1 Å². The van der Waals surface area contributed by atoms with Crippen molar-refractivity contribution < 1.29 is 19.1 Å². The van der Waals surface area contributed by atoms with E-state index in [1.165, 1.54) is 16.9 Å². The highest BCUT2D eigenvalue weighted by Gasteiger charge is 2.46. The van der Waals surface area contributed by atoms with E-state index in [0.717, 1.165) is 37.9 Å². The van der Waals surface area contributed by atoms with Crippen LogP contribution in [0.5, 0.6) is 5.75 Å². The number of aryl methyl sites for hydroxylation is 1. The molecule has 1 saturated heterocycles. The van der Waals surface area contributed by atoms with E-state index in [9.17, 15) is 9.59 Å². The standard InChI is InChI=1S/C25H33N3O4S/c1-2-3-12-27-13-15-31-21-10-5-4-8-20(21)9-6-7-11-25(24(27)30)18-28(14-16-32-25)23(29)22-17-26-19-33-22/h4-5,8,10,17,19H,2-3,6-7,9,11-16,18H2,1H3. The number of para-hydroxylation sites is 1. The zero-order chi connectivity index (χ0) is 23.1. The van der Waals surface area contributed by atoms with Crippen molar-refractivity contribution in [1.82, 2.24) is 14.8 Å². The average molecular weight is 472 g/mol. The third kappa shape index (κ3) is 5.55. The molecule has 33 heavy (non-hydrogen) atoms. The molecule has 178 valence electrons. The maximum Gasteiger partial charge on any atom is 0.265 e. The number of unbranched alkanes of at least 4 members (excludes halogenated alkanes) is 1. The lowest BCUT2D eigenvalue weighted by Crippen LogP contribution is -2.62. The van der Waals surface area contributed by atoms with Gasteiger partial charge in [0.15, 0.2) is 5.60 Å². The molecule has 0 saturated carbocycles. The summed E-state index contributed by atoms with van der Waals surface area (Å²) in [5, 5.41) is 0. The Morgan fingerprint density at radius 3 is 2.91 bits per heavy atom. The summed E-state index contributed by atoms with van der Waals surface area (Å²) < 4.78 is 12.4. The number of aromatic nitrogens is 1. The Kier molecular flexibility index (Phi) is 7.98. The number of morpholine rings is 1. The normalized spacial score (nSPS) is 22.3. The first-order chi connectivity index (χ1) is 16.1. The summed E-state index contributed by atoms with van der Waals surface area (Å²) >= 11 is 1.33. The second-order valence-electron chi connectivity index (χ2n) is 8.74. The van der Waals surface area contributed by atoms with Gasteiger partial charge in [-0.1, -0.05) is 31.5 Å². The molecular formula is C25H33N3O4S. The zero-order valence-electron chi connectivity index (χ0n) is 19.3. The third-order valence-electron chi connectivity index (χ3n) is 6.44. The molecular weight excluding hydrogens is 438 g/mol. The minimum atomic E-state index is -1.01.